The first-order valence-electron chi connectivity index (χ1n) is 5.57. The van der Waals surface area contributed by atoms with Gasteiger partial charge in [0, 0.05) is 9.75 Å². The lowest BCUT2D eigenvalue weighted by molar-refractivity contribution is 0.590. The van der Waals surface area contributed by atoms with Gasteiger partial charge in [0.25, 0.3) is 0 Å². The Morgan fingerprint density at radius 3 is 2.50 bits per heavy atom. The van der Waals surface area contributed by atoms with E-state index in [9.17, 15) is 12.8 Å². The summed E-state index contributed by atoms with van der Waals surface area (Å²) in [6.45, 7) is 2.02. The van der Waals surface area contributed by atoms with E-state index in [0.717, 1.165) is 22.2 Å². The van der Waals surface area contributed by atoms with Crippen molar-refractivity contribution < 1.29 is 12.8 Å². The van der Waals surface area contributed by atoms with Crippen molar-refractivity contribution in [3.05, 3.63) is 52.0 Å². The fraction of sp³-hybridized carbons (Fsp3) is 0.231. The zero-order valence-electron chi connectivity index (χ0n) is 9.89. The van der Waals surface area contributed by atoms with Crippen LogP contribution < -0.4 is 0 Å². The molecule has 0 unspecified atom stereocenters. The summed E-state index contributed by atoms with van der Waals surface area (Å²) in [5.74, 6) is -0.599. The number of hydrogen-bond acceptors (Lipinski definition) is 3. The van der Waals surface area contributed by atoms with E-state index in [-0.39, 0.29) is 10.6 Å². The summed E-state index contributed by atoms with van der Waals surface area (Å²) in [4.78, 5) is 1.98. The smallest absolute Gasteiger partial charge is 0.183 e. The molecular weight excluding hydrogens is 271 g/mol. The highest BCUT2D eigenvalue weighted by molar-refractivity contribution is 7.90. The Morgan fingerprint density at radius 1 is 1.17 bits per heavy atom. The first-order chi connectivity index (χ1) is 8.51. The first-order valence-corrected chi connectivity index (χ1v) is 8.04. The van der Waals surface area contributed by atoms with E-state index < -0.39 is 15.7 Å². The number of halogens is 1. The zero-order valence-corrected chi connectivity index (χ0v) is 11.5. The quantitative estimate of drug-likeness (QED) is 0.862. The predicted octanol–water partition coefficient (Wildman–Crippen LogP) is 3.42. The Labute approximate surface area is 110 Å². The standard InChI is InChI=1S/C13H13FO2S2/c1-2-11-6-7-12(17-11)9-18(15,16)13-5-3-4-10(14)8-13/h3-8H,2,9H2,1H3. The number of benzene rings is 1. The molecule has 0 fully saturated rings. The lowest BCUT2D eigenvalue weighted by Crippen LogP contribution is -2.04. The second-order valence-corrected chi connectivity index (χ2v) is 7.18. The maximum Gasteiger partial charge on any atom is 0.183 e. The molecule has 96 valence electrons. The monoisotopic (exact) mass is 284 g/mol. The molecule has 0 aliphatic rings. The van der Waals surface area contributed by atoms with Gasteiger partial charge in [0.2, 0.25) is 0 Å². The molecule has 2 rings (SSSR count). The van der Waals surface area contributed by atoms with E-state index in [4.69, 9.17) is 0 Å². The van der Waals surface area contributed by atoms with E-state index in [0.29, 0.717) is 0 Å². The van der Waals surface area contributed by atoms with Crippen LogP contribution in [0.5, 0.6) is 0 Å². The lowest BCUT2D eigenvalue weighted by atomic mass is 10.3. The van der Waals surface area contributed by atoms with Gasteiger partial charge in [-0.1, -0.05) is 13.0 Å². The van der Waals surface area contributed by atoms with Gasteiger partial charge in [-0.2, -0.15) is 0 Å². The number of thiophene rings is 1. The third kappa shape index (κ3) is 2.97. The van der Waals surface area contributed by atoms with Gasteiger partial charge in [-0.15, -0.1) is 11.3 Å². The Morgan fingerprint density at radius 2 is 1.89 bits per heavy atom. The number of sulfone groups is 1. The summed E-state index contributed by atoms with van der Waals surface area (Å²) in [5.41, 5.74) is 0. The summed E-state index contributed by atoms with van der Waals surface area (Å²) < 4.78 is 37.2. The van der Waals surface area contributed by atoms with Crippen LogP contribution in [0.2, 0.25) is 0 Å². The van der Waals surface area contributed by atoms with Crippen molar-refractivity contribution in [2.45, 2.75) is 24.0 Å². The van der Waals surface area contributed by atoms with Gasteiger partial charge in [0.1, 0.15) is 5.82 Å². The van der Waals surface area contributed by atoms with Gasteiger partial charge >= 0.3 is 0 Å². The highest BCUT2D eigenvalue weighted by Crippen LogP contribution is 2.23. The van der Waals surface area contributed by atoms with Crippen molar-refractivity contribution in [2.75, 3.05) is 0 Å². The largest absolute Gasteiger partial charge is 0.223 e. The SMILES string of the molecule is CCc1ccc(CS(=O)(=O)c2cccc(F)c2)s1. The van der Waals surface area contributed by atoms with Crippen molar-refractivity contribution in [1.29, 1.82) is 0 Å². The molecule has 1 heterocycles. The normalized spacial score (nSPS) is 11.7. The third-order valence-corrected chi connectivity index (χ3v) is 5.63. The van der Waals surface area contributed by atoms with Gasteiger partial charge < -0.3 is 0 Å². The number of rotatable bonds is 4. The fourth-order valence-electron chi connectivity index (χ4n) is 1.62. The Hall–Kier alpha value is -1.20. The van der Waals surface area contributed by atoms with Gasteiger partial charge in [0.05, 0.1) is 10.6 Å². The van der Waals surface area contributed by atoms with E-state index in [1.807, 2.05) is 19.1 Å². The minimum atomic E-state index is -3.46. The second-order valence-electron chi connectivity index (χ2n) is 3.94. The summed E-state index contributed by atoms with van der Waals surface area (Å²) in [6.07, 6.45) is 0.894. The van der Waals surface area contributed by atoms with E-state index >= 15 is 0 Å². The van der Waals surface area contributed by atoms with Crippen molar-refractivity contribution in [1.82, 2.24) is 0 Å². The molecule has 0 radical (unpaired) electrons. The van der Waals surface area contributed by atoms with Gasteiger partial charge in [-0.05, 0) is 36.8 Å². The summed E-state index contributed by atoms with van der Waals surface area (Å²) >= 11 is 1.49. The topological polar surface area (TPSA) is 34.1 Å². The molecule has 5 heteroatoms. The van der Waals surface area contributed by atoms with Crippen LogP contribution in [0.15, 0.2) is 41.3 Å². The average molecular weight is 284 g/mol. The Bertz CT molecular complexity index is 645. The van der Waals surface area contributed by atoms with Crippen molar-refractivity contribution in [3.63, 3.8) is 0 Å². The van der Waals surface area contributed by atoms with Crippen LogP contribution in [0.25, 0.3) is 0 Å². The van der Waals surface area contributed by atoms with Crippen LogP contribution in [-0.2, 0) is 22.0 Å². The lowest BCUT2D eigenvalue weighted by Gasteiger charge is -2.02. The Balaban J connectivity index is 2.27. The second kappa shape index (κ2) is 5.20. The van der Waals surface area contributed by atoms with Crippen LogP contribution in [0, 0.1) is 5.82 Å². The predicted molar refractivity (Wildman–Crippen MR) is 71.0 cm³/mol. The molecule has 0 spiro atoms. The molecule has 0 bridgehead atoms. The van der Waals surface area contributed by atoms with Gasteiger partial charge in [-0.3, -0.25) is 0 Å². The van der Waals surface area contributed by atoms with Crippen LogP contribution in [0.1, 0.15) is 16.7 Å². The molecule has 0 N–H and O–H groups in total. The maximum atomic E-state index is 13.0. The van der Waals surface area contributed by atoms with E-state index in [2.05, 4.69) is 0 Å². The molecule has 2 nitrogen and oxygen atoms in total. The van der Waals surface area contributed by atoms with E-state index in [1.165, 1.54) is 29.5 Å². The minimum Gasteiger partial charge on any atom is -0.223 e. The van der Waals surface area contributed by atoms with Crippen LogP contribution >= 0.6 is 11.3 Å². The molecule has 18 heavy (non-hydrogen) atoms. The summed E-state index contributed by atoms with van der Waals surface area (Å²) in [7, 11) is -3.46. The molecule has 2 aromatic rings. The molecule has 1 aromatic carbocycles. The van der Waals surface area contributed by atoms with E-state index in [1.54, 1.807) is 0 Å². The molecule has 0 aliphatic heterocycles. The van der Waals surface area contributed by atoms with Crippen LogP contribution in [0.3, 0.4) is 0 Å². The molecular formula is C13H13FO2S2. The zero-order chi connectivity index (χ0) is 13.2. The molecule has 0 atom stereocenters. The fourth-order valence-corrected chi connectivity index (χ4v) is 4.29. The van der Waals surface area contributed by atoms with Gasteiger partial charge in [0.15, 0.2) is 9.84 Å². The average Bonchev–Trinajstić information content (AvgIpc) is 2.76. The van der Waals surface area contributed by atoms with Crippen LogP contribution in [-0.4, -0.2) is 8.42 Å². The number of aryl methyl sites for hydroxylation is 1. The summed E-state index contributed by atoms with van der Waals surface area (Å²) in [5, 5.41) is 0. The van der Waals surface area contributed by atoms with Crippen LogP contribution in [0.4, 0.5) is 4.39 Å². The Kier molecular flexibility index (Phi) is 3.82. The summed E-state index contributed by atoms with van der Waals surface area (Å²) in [6, 6.07) is 8.88. The molecule has 0 aliphatic carbocycles. The first kappa shape index (κ1) is 13.2. The molecule has 0 saturated heterocycles. The molecule has 0 saturated carbocycles. The minimum absolute atomic E-state index is 0.0361. The molecule has 0 amide bonds. The highest BCUT2D eigenvalue weighted by Gasteiger charge is 2.17. The number of hydrogen-bond donors (Lipinski definition) is 0. The highest BCUT2D eigenvalue weighted by atomic mass is 32.2. The van der Waals surface area contributed by atoms with Crippen molar-refractivity contribution >= 4 is 21.2 Å². The van der Waals surface area contributed by atoms with Gasteiger partial charge in [-0.25, -0.2) is 12.8 Å². The molecule has 1 aromatic heterocycles. The maximum absolute atomic E-state index is 13.0. The van der Waals surface area contributed by atoms with Crippen molar-refractivity contribution in [3.8, 4) is 0 Å². The third-order valence-electron chi connectivity index (χ3n) is 2.55. The van der Waals surface area contributed by atoms with Crippen molar-refractivity contribution in [2.24, 2.45) is 0 Å².